The Balaban J connectivity index is 2.24. The van der Waals surface area contributed by atoms with E-state index in [-0.39, 0.29) is 16.4 Å². The molecule has 1 saturated heterocycles. The van der Waals surface area contributed by atoms with Crippen LogP contribution in [0.4, 0.5) is 5.82 Å². The molecule has 1 N–H and O–H groups in total. The summed E-state index contributed by atoms with van der Waals surface area (Å²) in [7, 11) is 1.36. The van der Waals surface area contributed by atoms with E-state index in [9.17, 15) is 4.79 Å². The van der Waals surface area contributed by atoms with Gasteiger partial charge in [-0.25, -0.2) is 16.5 Å². The lowest BCUT2D eigenvalue weighted by atomic mass is 9.92. The number of fused-ring (bicyclic) bond motifs is 1. The highest BCUT2D eigenvalue weighted by Crippen LogP contribution is 2.28. The lowest BCUT2D eigenvalue weighted by Crippen LogP contribution is -2.53. The number of hydrogen-bond donors (Lipinski definition) is 1. The van der Waals surface area contributed by atoms with Gasteiger partial charge in [-0.2, -0.15) is 0 Å². The van der Waals surface area contributed by atoms with E-state index in [1.807, 2.05) is 0 Å². The van der Waals surface area contributed by atoms with E-state index in [1.165, 1.54) is 25.1 Å². The molecule has 0 radical (unpaired) electrons. The number of carbonyl (C=O) groups is 1. The van der Waals surface area contributed by atoms with Crippen LogP contribution in [0.1, 0.15) is 25.6 Å². The fraction of sp³-hybridized carbons (Fsp3) is 0.500. The molecule has 3 heterocycles. The molecule has 3 rings (SSSR count). The van der Waals surface area contributed by atoms with Gasteiger partial charge in [0.15, 0.2) is 0 Å². The Kier molecular flexibility index (Phi) is 2.11. The summed E-state index contributed by atoms with van der Waals surface area (Å²) in [6, 6.07) is -0.00261. The van der Waals surface area contributed by atoms with Crippen LogP contribution in [0, 0.1) is 12.5 Å². The number of amides is 1. The van der Waals surface area contributed by atoms with Crippen molar-refractivity contribution in [3.63, 3.8) is 0 Å². The maximum absolute atomic E-state index is 12.8. The summed E-state index contributed by atoms with van der Waals surface area (Å²) in [5.74, 6) is -3.16. The number of likely N-dealkylation sites (N-methyl/N-ethyl adjacent to an activating group) is 1. The topological polar surface area (TPSA) is 69.5 Å². The third kappa shape index (κ3) is 2.84. The number of piperidine rings is 1. The largest absolute Gasteiger partial charge is 0.354 e. The summed E-state index contributed by atoms with van der Waals surface area (Å²) >= 11 is 0. The van der Waals surface area contributed by atoms with E-state index in [1.54, 1.807) is 6.07 Å². The Labute approximate surface area is 147 Å². The highest BCUT2D eigenvalue weighted by molar-refractivity contribution is 5.87. The van der Waals surface area contributed by atoms with Crippen LogP contribution >= 0.6 is 0 Å². The predicted molar refractivity (Wildman–Crippen MR) is 87.9 cm³/mol. The molecule has 7 heteroatoms. The van der Waals surface area contributed by atoms with Crippen molar-refractivity contribution >= 4 is 22.8 Å². The Bertz CT molecular complexity index is 1110. The molecule has 0 saturated carbocycles. The van der Waals surface area contributed by atoms with E-state index in [2.05, 4.69) is 19.8 Å². The van der Waals surface area contributed by atoms with Crippen LogP contribution in [0.25, 0.3) is 15.9 Å². The molecule has 0 unspecified atom stereocenters. The van der Waals surface area contributed by atoms with E-state index in [0.717, 1.165) is 0 Å². The van der Waals surface area contributed by atoms with Crippen molar-refractivity contribution in [1.82, 2.24) is 19.9 Å². The van der Waals surface area contributed by atoms with Gasteiger partial charge in [-0.1, -0.05) is 6.92 Å². The first-order valence-corrected chi connectivity index (χ1v) is 6.79. The van der Waals surface area contributed by atoms with Crippen LogP contribution in [0.3, 0.4) is 0 Å². The first-order chi connectivity index (χ1) is 14.5. The molecular formula is C16H20N6O. The maximum Gasteiger partial charge on any atom is 0.302 e. The average molecular weight is 321 g/mol. The number of aromatic amines is 1. The first kappa shape index (κ1) is 7.77. The standard InChI is InChI=1S/C16H20N6O/c1-11-5-7-22(14(23)8-17-2)9-13(11)21(3)16-12-4-6-18-15(12)19-10-20-16/h4,6,10-11,13H,5,7-9H2,1,3H3,(H,18,19,20)/t11-,13+/m1/s1/i5D2,7D2,8D2,9D2,10D. The maximum atomic E-state index is 12.8. The highest BCUT2D eigenvalue weighted by Gasteiger charge is 2.33. The average Bonchev–Trinajstić information content (AvgIpc) is 3.13. The monoisotopic (exact) mass is 321 g/mol. The molecular weight excluding hydrogens is 292 g/mol. The Morgan fingerprint density at radius 3 is 3.35 bits per heavy atom. The second-order valence-electron chi connectivity index (χ2n) is 4.98. The summed E-state index contributed by atoms with van der Waals surface area (Å²) in [5, 5.41) is 0.384. The van der Waals surface area contributed by atoms with Gasteiger partial charge in [0.05, 0.1) is 14.2 Å². The molecule has 2 aromatic heterocycles. The highest BCUT2D eigenvalue weighted by atomic mass is 16.2. The van der Waals surface area contributed by atoms with Crippen LogP contribution in [-0.4, -0.2) is 58.3 Å². The number of hydrogen-bond acceptors (Lipinski definition) is 4. The number of anilines is 1. The van der Waals surface area contributed by atoms with Crippen molar-refractivity contribution in [3.05, 3.63) is 30.0 Å². The van der Waals surface area contributed by atoms with Gasteiger partial charge in [0.1, 0.15) is 21.9 Å². The fourth-order valence-corrected chi connectivity index (χ4v) is 2.37. The van der Waals surface area contributed by atoms with Crippen molar-refractivity contribution in [3.8, 4) is 0 Å². The SMILES string of the molecule is [2H]c1nc(N(C)[C@@H]2[C@H](C)C([2H])([2H])C([2H])([2H])N(C(=O)C([2H])([2H])[N+]#[C-])C2([2H])[2H])c2cc[nH]c2n1. The lowest BCUT2D eigenvalue weighted by molar-refractivity contribution is -0.130. The van der Waals surface area contributed by atoms with Crippen LogP contribution in [0.2, 0.25) is 0 Å². The third-order valence-corrected chi connectivity index (χ3v) is 3.53. The van der Waals surface area contributed by atoms with Crippen molar-refractivity contribution in [1.29, 1.82) is 0 Å². The molecule has 1 aliphatic heterocycles. The quantitative estimate of drug-likeness (QED) is 0.871. The molecule has 1 amide bonds. The number of aromatic nitrogens is 3. The number of likely N-dealkylation sites (tertiary alicyclic amines) is 1. The van der Waals surface area contributed by atoms with Crippen LogP contribution in [0.5, 0.6) is 0 Å². The number of rotatable bonds is 3. The van der Waals surface area contributed by atoms with E-state index < -0.39 is 50.0 Å². The van der Waals surface area contributed by atoms with Gasteiger partial charge in [0.2, 0.25) is 0 Å². The van der Waals surface area contributed by atoms with Crippen molar-refractivity contribution < 1.29 is 17.1 Å². The van der Waals surface area contributed by atoms with Crippen molar-refractivity contribution in [2.24, 2.45) is 5.92 Å². The molecule has 23 heavy (non-hydrogen) atoms. The molecule has 2 atom stereocenters. The number of nitrogens with one attached hydrogen (secondary N) is 1. The lowest BCUT2D eigenvalue weighted by Gasteiger charge is -2.41. The summed E-state index contributed by atoms with van der Waals surface area (Å²) in [6.45, 7) is -1.36. The molecule has 1 aliphatic rings. The van der Waals surface area contributed by atoms with Crippen molar-refractivity contribution in [2.45, 2.75) is 19.3 Å². The summed E-state index contributed by atoms with van der Waals surface area (Å²) in [4.78, 5) is 27.1. The van der Waals surface area contributed by atoms with Crippen LogP contribution < -0.4 is 4.90 Å². The Morgan fingerprint density at radius 1 is 1.74 bits per heavy atom. The van der Waals surface area contributed by atoms with Gasteiger partial charge < -0.3 is 19.6 Å². The molecule has 2 aromatic rings. The zero-order chi connectivity index (χ0) is 24.4. The summed E-state index contributed by atoms with van der Waals surface area (Å²) in [5.41, 5.74) is 0.270. The van der Waals surface area contributed by atoms with Gasteiger partial charge in [-0.15, -0.1) is 0 Å². The Hall–Kier alpha value is -2.62. The molecule has 0 aromatic carbocycles. The predicted octanol–water partition coefficient (Wildman–Crippen LogP) is 1.55. The minimum absolute atomic E-state index is 0.0424. The van der Waals surface area contributed by atoms with Crippen molar-refractivity contribution in [2.75, 3.05) is 31.4 Å². The second-order valence-corrected chi connectivity index (χ2v) is 4.98. The first-order valence-electron chi connectivity index (χ1n) is 11.3. The zero-order valence-electron chi connectivity index (χ0n) is 21.5. The second kappa shape index (κ2) is 6.24. The smallest absolute Gasteiger partial charge is 0.302 e. The number of nitrogens with zero attached hydrogens (tertiary/aromatic N) is 5. The molecule has 0 spiro atoms. The molecule has 1 fully saturated rings. The van der Waals surface area contributed by atoms with Crippen LogP contribution in [0.15, 0.2) is 18.6 Å². The van der Waals surface area contributed by atoms with Crippen LogP contribution in [-0.2, 0) is 4.79 Å². The minimum atomic E-state index is -3.31. The summed E-state index contributed by atoms with van der Waals surface area (Å²) in [6.07, 6.45) is -1.73. The molecule has 7 nitrogen and oxygen atoms in total. The van der Waals surface area contributed by atoms with E-state index in [0.29, 0.717) is 5.39 Å². The van der Waals surface area contributed by atoms with Gasteiger partial charge in [0, 0.05) is 31.7 Å². The fourth-order valence-electron chi connectivity index (χ4n) is 2.37. The molecule has 0 bridgehead atoms. The van der Waals surface area contributed by atoms with Gasteiger partial charge in [0.25, 0.3) is 6.50 Å². The summed E-state index contributed by atoms with van der Waals surface area (Å²) < 4.78 is 73.6. The zero-order valence-corrected chi connectivity index (χ0v) is 12.5. The Morgan fingerprint density at radius 2 is 2.57 bits per heavy atom. The minimum Gasteiger partial charge on any atom is -0.354 e. The van der Waals surface area contributed by atoms with Gasteiger partial charge in [-0.3, -0.25) is 4.79 Å². The van der Waals surface area contributed by atoms with E-state index in [4.69, 9.17) is 18.9 Å². The van der Waals surface area contributed by atoms with Gasteiger partial charge >= 0.3 is 5.91 Å². The third-order valence-electron chi connectivity index (χ3n) is 3.53. The molecule has 120 valence electrons. The number of carbonyl (C=O) groups excluding carboxylic acids is 1. The molecule has 0 aliphatic carbocycles. The van der Waals surface area contributed by atoms with E-state index >= 15 is 0 Å². The van der Waals surface area contributed by atoms with Gasteiger partial charge in [-0.05, 0) is 18.4 Å². The number of H-pyrrole nitrogens is 1. The normalized spacial score (nSPS) is 34.1.